The van der Waals surface area contributed by atoms with E-state index in [0.29, 0.717) is 23.4 Å². The molecule has 1 N–H and O–H groups in total. The molecule has 2 aromatic carbocycles. The summed E-state index contributed by atoms with van der Waals surface area (Å²) in [7, 11) is 1.73. The monoisotopic (exact) mass is 359 g/mol. The molecular weight excluding hydrogens is 338 g/mol. The third-order valence-electron chi connectivity index (χ3n) is 4.13. The average molecular weight is 359 g/mol. The molecule has 3 rings (SSSR count). The lowest BCUT2D eigenvalue weighted by atomic mass is 10.1. The highest BCUT2D eigenvalue weighted by molar-refractivity contribution is 6.05. The summed E-state index contributed by atoms with van der Waals surface area (Å²) in [5.74, 6) is -0.481. The minimum atomic E-state index is -0.298. The molecule has 0 spiro atoms. The number of aryl methyl sites for hydroxylation is 1. The van der Waals surface area contributed by atoms with Gasteiger partial charge in [-0.3, -0.25) is 14.6 Å². The van der Waals surface area contributed by atoms with Gasteiger partial charge in [0.05, 0.1) is 11.1 Å². The van der Waals surface area contributed by atoms with Crippen molar-refractivity contribution in [1.29, 1.82) is 0 Å². The maximum absolute atomic E-state index is 12.7. The van der Waals surface area contributed by atoms with Crippen molar-refractivity contribution in [2.45, 2.75) is 13.5 Å². The van der Waals surface area contributed by atoms with E-state index in [-0.39, 0.29) is 11.8 Å². The number of amides is 2. The van der Waals surface area contributed by atoms with Crippen LogP contribution in [-0.4, -0.2) is 28.7 Å². The molecule has 0 radical (unpaired) electrons. The summed E-state index contributed by atoms with van der Waals surface area (Å²) in [5, 5.41) is 2.83. The molecule has 5 nitrogen and oxygen atoms in total. The zero-order valence-corrected chi connectivity index (χ0v) is 15.3. The number of nitrogens with zero attached hydrogens (tertiary/aromatic N) is 2. The number of aromatic nitrogens is 1. The number of pyridine rings is 1. The van der Waals surface area contributed by atoms with Crippen LogP contribution in [-0.2, 0) is 6.54 Å². The van der Waals surface area contributed by atoms with E-state index >= 15 is 0 Å². The van der Waals surface area contributed by atoms with Gasteiger partial charge in [0.1, 0.15) is 0 Å². The molecule has 0 atom stereocenters. The first-order valence-corrected chi connectivity index (χ1v) is 8.65. The van der Waals surface area contributed by atoms with Gasteiger partial charge in [-0.1, -0.05) is 42.5 Å². The van der Waals surface area contributed by atoms with Crippen LogP contribution in [0.4, 0.5) is 5.69 Å². The standard InChI is InChI=1S/C22H21N3O2/c1-16-7-6-10-20(11-16)24-21(26)18-12-19(14-23-13-18)22(27)25(2)15-17-8-4-3-5-9-17/h3-14H,15H2,1-2H3,(H,24,26). The van der Waals surface area contributed by atoms with E-state index in [1.54, 1.807) is 18.0 Å². The second-order valence-electron chi connectivity index (χ2n) is 6.43. The second kappa shape index (κ2) is 8.27. The third kappa shape index (κ3) is 4.79. The van der Waals surface area contributed by atoms with Gasteiger partial charge in [0, 0.05) is 31.7 Å². The van der Waals surface area contributed by atoms with Crippen molar-refractivity contribution in [3.63, 3.8) is 0 Å². The molecule has 1 aromatic heterocycles. The lowest BCUT2D eigenvalue weighted by Crippen LogP contribution is -2.26. The topological polar surface area (TPSA) is 62.3 Å². The predicted molar refractivity (Wildman–Crippen MR) is 106 cm³/mol. The highest BCUT2D eigenvalue weighted by Crippen LogP contribution is 2.13. The molecule has 27 heavy (non-hydrogen) atoms. The van der Waals surface area contributed by atoms with Crippen molar-refractivity contribution in [3.8, 4) is 0 Å². The van der Waals surface area contributed by atoms with Crippen LogP contribution in [0, 0.1) is 6.92 Å². The highest BCUT2D eigenvalue weighted by atomic mass is 16.2. The number of anilines is 1. The summed E-state index contributed by atoms with van der Waals surface area (Å²) in [6, 6.07) is 18.8. The van der Waals surface area contributed by atoms with Crippen molar-refractivity contribution in [2.75, 3.05) is 12.4 Å². The van der Waals surface area contributed by atoms with Crippen molar-refractivity contribution in [3.05, 3.63) is 95.3 Å². The van der Waals surface area contributed by atoms with Crippen LogP contribution in [0.25, 0.3) is 0 Å². The van der Waals surface area contributed by atoms with Crippen molar-refractivity contribution in [1.82, 2.24) is 9.88 Å². The van der Waals surface area contributed by atoms with Gasteiger partial charge in [-0.25, -0.2) is 0 Å². The summed E-state index contributed by atoms with van der Waals surface area (Å²) < 4.78 is 0. The normalized spacial score (nSPS) is 10.3. The van der Waals surface area contributed by atoms with Crippen LogP contribution in [0.3, 0.4) is 0 Å². The van der Waals surface area contributed by atoms with Gasteiger partial charge >= 0.3 is 0 Å². The van der Waals surface area contributed by atoms with Crippen LogP contribution in [0.15, 0.2) is 73.1 Å². The molecule has 0 fully saturated rings. The molecule has 0 unspecified atom stereocenters. The first kappa shape index (κ1) is 18.3. The smallest absolute Gasteiger partial charge is 0.257 e. The molecule has 0 saturated heterocycles. The first-order valence-electron chi connectivity index (χ1n) is 8.65. The summed E-state index contributed by atoms with van der Waals surface area (Å²) in [6.07, 6.45) is 2.94. The Hall–Kier alpha value is -3.47. The minimum absolute atomic E-state index is 0.184. The molecule has 0 aliphatic carbocycles. The van der Waals surface area contributed by atoms with Crippen molar-refractivity contribution < 1.29 is 9.59 Å². The summed E-state index contributed by atoms with van der Waals surface area (Å²) in [4.78, 5) is 30.8. The van der Waals surface area contributed by atoms with Crippen LogP contribution in [0.2, 0.25) is 0 Å². The molecule has 0 saturated carbocycles. The number of hydrogen-bond donors (Lipinski definition) is 1. The van der Waals surface area contributed by atoms with Gasteiger partial charge in [-0.05, 0) is 36.2 Å². The number of carbonyl (C=O) groups excluding carboxylic acids is 2. The van der Waals surface area contributed by atoms with Gasteiger partial charge in [-0.2, -0.15) is 0 Å². The third-order valence-corrected chi connectivity index (χ3v) is 4.13. The van der Waals surface area contributed by atoms with E-state index in [9.17, 15) is 9.59 Å². The fourth-order valence-electron chi connectivity index (χ4n) is 2.76. The Morgan fingerprint density at radius 3 is 2.44 bits per heavy atom. The van der Waals surface area contributed by atoms with Gasteiger partial charge in [0.2, 0.25) is 0 Å². The predicted octanol–water partition coefficient (Wildman–Crippen LogP) is 3.91. The lowest BCUT2D eigenvalue weighted by Gasteiger charge is -2.17. The average Bonchev–Trinajstić information content (AvgIpc) is 2.68. The Labute approximate surface area is 158 Å². The molecule has 136 valence electrons. The van der Waals surface area contributed by atoms with Gasteiger partial charge in [-0.15, -0.1) is 0 Å². The largest absolute Gasteiger partial charge is 0.337 e. The quantitative estimate of drug-likeness (QED) is 0.751. The molecular formula is C22H21N3O2. The molecule has 0 aliphatic rings. The zero-order valence-electron chi connectivity index (χ0n) is 15.3. The van der Waals surface area contributed by atoms with E-state index in [2.05, 4.69) is 10.3 Å². The summed E-state index contributed by atoms with van der Waals surface area (Å²) in [6.45, 7) is 2.44. The summed E-state index contributed by atoms with van der Waals surface area (Å²) in [5.41, 5.74) is 3.52. The molecule has 5 heteroatoms. The number of hydrogen-bond acceptors (Lipinski definition) is 3. The molecule has 0 bridgehead atoms. The lowest BCUT2D eigenvalue weighted by molar-refractivity contribution is 0.0784. The Kier molecular flexibility index (Phi) is 5.61. The Balaban J connectivity index is 1.72. The maximum Gasteiger partial charge on any atom is 0.257 e. The number of carbonyl (C=O) groups is 2. The maximum atomic E-state index is 12.7. The van der Waals surface area contributed by atoms with Gasteiger partial charge < -0.3 is 10.2 Å². The van der Waals surface area contributed by atoms with E-state index in [0.717, 1.165) is 11.1 Å². The zero-order chi connectivity index (χ0) is 19.2. The Morgan fingerprint density at radius 1 is 0.963 bits per heavy atom. The van der Waals surface area contributed by atoms with E-state index in [1.807, 2.05) is 61.5 Å². The van der Waals surface area contributed by atoms with Crippen LogP contribution >= 0.6 is 0 Å². The Morgan fingerprint density at radius 2 is 1.70 bits per heavy atom. The minimum Gasteiger partial charge on any atom is -0.337 e. The first-order chi connectivity index (χ1) is 13.0. The fraction of sp³-hybridized carbons (Fsp3) is 0.136. The SMILES string of the molecule is Cc1cccc(NC(=O)c2cncc(C(=O)N(C)Cc3ccccc3)c2)c1. The van der Waals surface area contributed by atoms with Crippen molar-refractivity contribution >= 4 is 17.5 Å². The van der Waals surface area contributed by atoms with Crippen LogP contribution < -0.4 is 5.32 Å². The van der Waals surface area contributed by atoms with Gasteiger partial charge in [0.25, 0.3) is 11.8 Å². The fourth-order valence-corrected chi connectivity index (χ4v) is 2.76. The number of nitrogens with one attached hydrogen (secondary N) is 1. The van der Waals surface area contributed by atoms with Crippen molar-refractivity contribution in [2.24, 2.45) is 0 Å². The van der Waals surface area contributed by atoms with E-state index < -0.39 is 0 Å². The van der Waals surface area contributed by atoms with Gasteiger partial charge in [0.15, 0.2) is 0 Å². The van der Waals surface area contributed by atoms with E-state index in [1.165, 1.54) is 12.4 Å². The highest BCUT2D eigenvalue weighted by Gasteiger charge is 2.15. The van der Waals surface area contributed by atoms with Crippen LogP contribution in [0.5, 0.6) is 0 Å². The second-order valence-corrected chi connectivity index (χ2v) is 6.43. The number of benzene rings is 2. The number of rotatable bonds is 5. The molecule has 1 heterocycles. The molecule has 2 amide bonds. The van der Waals surface area contributed by atoms with E-state index in [4.69, 9.17) is 0 Å². The molecule has 0 aliphatic heterocycles. The van der Waals surface area contributed by atoms with Crippen LogP contribution in [0.1, 0.15) is 31.8 Å². The summed E-state index contributed by atoms with van der Waals surface area (Å²) >= 11 is 0. The molecule has 3 aromatic rings. The Bertz CT molecular complexity index is 955.